The zero-order valence-electron chi connectivity index (χ0n) is 12.3. The van der Waals surface area contributed by atoms with E-state index in [0.717, 1.165) is 16.2 Å². The molecule has 2 aromatic rings. The summed E-state index contributed by atoms with van der Waals surface area (Å²) in [6, 6.07) is 7.98. The van der Waals surface area contributed by atoms with Crippen molar-refractivity contribution in [3.05, 3.63) is 30.5 Å². The fraction of sp³-hybridized carbons (Fsp3) is 0.400. The summed E-state index contributed by atoms with van der Waals surface area (Å²) in [4.78, 5) is 4.13. The number of aromatic nitrogens is 1. The summed E-state index contributed by atoms with van der Waals surface area (Å²) in [5.74, 6) is 0.529. The van der Waals surface area contributed by atoms with Crippen LogP contribution in [0.2, 0.25) is 0 Å². The normalized spacial score (nSPS) is 20.5. The number of anilines is 1. The van der Waals surface area contributed by atoms with E-state index in [2.05, 4.69) is 4.98 Å². The second-order valence-corrected chi connectivity index (χ2v) is 6.27. The fourth-order valence-electron chi connectivity index (χ4n) is 2.33. The minimum absolute atomic E-state index is 0.340. The van der Waals surface area contributed by atoms with Gasteiger partial charge in [0.05, 0.1) is 11.2 Å². The van der Waals surface area contributed by atoms with E-state index in [1.807, 2.05) is 52.0 Å². The van der Waals surface area contributed by atoms with E-state index in [0.29, 0.717) is 5.82 Å². The summed E-state index contributed by atoms with van der Waals surface area (Å²) >= 11 is 0. The molecule has 4 nitrogen and oxygen atoms in total. The molecule has 0 bridgehead atoms. The Hall–Kier alpha value is -1.59. The maximum Gasteiger partial charge on any atom is 0.494 e. The average Bonchev–Trinajstić information content (AvgIpc) is 2.59. The number of hydrogen-bond donors (Lipinski definition) is 1. The third-order valence-electron chi connectivity index (χ3n) is 4.35. The summed E-state index contributed by atoms with van der Waals surface area (Å²) in [5, 5.41) is 2.00. The first-order valence-electron chi connectivity index (χ1n) is 6.80. The van der Waals surface area contributed by atoms with Gasteiger partial charge in [0.15, 0.2) is 0 Å². The molecule has 104 valence electrons. The van der Waals surface area contributed by atoms with E-state index in [9.17, 15) is 0 Å². The van der Waals surface area contributed by atoms with Crippen molar-refractivity contribution >= 4 is 29.2 Å². The Labute approximate surface area is 119 Å². The lowest BCUT2D eigenvalue weighted by atomic mass is 9.78. The number of pyridine rings is 1. The van der Waals surface area contributed by atoms with Gasteiger partial charge in [0.2, 0.25) is 0 Å². The maximum absolute atomic E-state index is 6.06. The second kappa shape index (κ2) is 4.20. The van der Waals surface area contributed by atoms with Gasteiger partial charge in [0, 0.05) is 11.6 Å². The van der Waals surface area contributed by atoms with E-state index in [-0.39, 0.29) is 18.3 Å². The maximum atomic E-state index is 6.06. The molecular weight excluding hydrogens is 251 g/mol. The van der Waals surface area contributed by atoms with Crippen molar-refractivity contribution in [1.29, 1.82) is 0 Å². The van der Waals surface area contributed by atoms with Crippen molar-refractivity contribution in [2.45, 2.75) is 38.9 Å². The number of nitrogens with zero attached hydrogens (tertiary/aromatic N) is 1. The molecule has 1 aliphatic rings. The molecule has 1 fully saturated rings. The van der Waals surface area contributed by atoms with Gasteiger partial charge < -0.3 is 15.0 Å². The van der Waals surface area contributed by atoms with Crippen molar-refractivity contribution in [1.82, 2.24) is 4.98 Å². The SMILES string of the molecule is CC1(C)OB(c2ccc3ccnc(N)c3c2)OC1(C)C. The Balaban J connectivity index is 2.02. The van der Waals surface area contributed by atoms with Crippen LogP contribution in [0.5, 0.6) is 0 Å². The second-order valence-electron chi connectivity index (χ2n) is 6.27. The molecule has 3 rings (SSSR count). The minimum atomic E-state index is -0.371. The van der Waals surface area contributed by atoms with Gasteiger partial charge in [-0.1, -0.05) is 18.2 Å². The Bertz CT molecular complexity index is 654. The first-order chi connectivity index (χ1) is 9.30. The first-order valence-corrected chi connectivity index (χ1v) is 6.80. The Morgan fingerprint density at radius 3 is 2.35 bits per heavy atom. The summed E-state index contributed by atoms with van der Waals surface area (Å²) in [6.07, 6.45) is 1.71. The van der Waals surface area contributed by atoms with Gasteiger partial charge in [-0.25, -0.2) is 4.98 Å². The minimum Gasteiger partial charge on any atom is -0.399 e. The summed E-state index contributed by atoms with van der Waals surface area (Å²) in [7, 11) is -0.371. The van der Waals surface area contributed by atoms with Crippen LogP contribution in [0.15, 0.2) is 30.5 Å². The molecule has 0 radical (unpaired) electrons. The topological polar surface area (TPSA) is 57.4 Å². The lowest BCUT2D eigenvalue weighted by molar-refractivity contribution is 0.00578. The van der Waals surface area contributed by atoms with Crippen LogP contribution in [0.1, 0.15) is 27.7 Å². The average molecular weight is 270 g/mol. The first kappa shape index (κ1) is 13.4. The molecule has 1 aromatic heterocycles. The smallest absolute Gasteiger partial charge is 0.399 e. The van der Waals surface area contributed by atoms with E-state index in [1.54, 1.807) is 6.20 Å². The van der Waals surface area contributed by atoms with E-state index >= 15 is 0 Å². The van der Waals surface area contributed by atoms with E-state index in [1.165, 1.54) is 0 Å². The highest BCUT2D eigenvalue weighted by Crippen LogP contribution is 2.36. The Morgan fingerprint density at radius 2 is 1.70 bits per heavy atom. The van der Waals surface area contributed by atoms with Gasteiger partial charge in [-0.2, -0.15) is 0 Å². The van der Waals surface area contributed by atoms with Crippen LogP contribution < -0.4 is 11.2 Å². The summed E-state index contributed by atoms with van der Waals surface area (Å²) in [6.45, 7) is 8.18. The molecule has 0 atom stereocenters. The molecule has 0 aliphatic carbocycles. The quantitative estimate of drug-likeness (QED) is 0.806. The van der Waals surface area contributed by atoms with Crippen LogP contribution in [-0.4, -0.2) is 23.3 Å². The molecule has 0 spiro atoms. The van der Waals surface area contributed by atoms with Crippen LogP contribution in [0.25, 0.3) is 10.8 Å². The zero-order chi connectivity index (χ0) is 14.5. The van der Waals surface area contributed by atoms with Gasteiger partial charge in [0.1, 0.15) is 5.82 Å². The molecule has 1 aliphatic heterocycles. The molecule has 2 heterocycles. The van der Waals surface area contributed by atoms with Crippen LogP contribution in [0.4, 0.5) is 5.82 Å². The predicted molar refractivity (Wildman–Crippen MR) is 81.9 cm³/mol. The predicted octanol–water partition coefficient (Wildman–Crippen LogP) is 2.12. The Kier molecular flexibility index (Phi) is 2.82. The standard InChI is InChI=1S/C15H19BN2O2/c1-14(2)15(3,4)20-16(19-14)11-6-5-10-7-8-18-13(17)12(10)9-11/h5-9H,1-4H3,(H2,17,18). The van der Waals surface area contributed by atoms with Crippen LogP contribution in [0, 0.1) is 0 Å². The molecule has 0 saturated carbocycles. The molecule has 0 amide bonds. The van der Waals surface area contributed by atoms with Crippen molar-refractivity contribution in [2.75, 3.05) is 5.73 Å². The monoisotopic (exact) mass is 270 g/mol. The van der Waals surface area contributed by atoms with Crippen molar-refractivity contribution < 1.29 is 9.31 Å². The molecule has 20 heavy (non-hydrogen) atoms. The molecule has 5 heteroatoms. The highest BCUT2D eigenvalue weighted by atomic mass is 16.7. The van der Waals surface area contributed by atoms with Crippen molar-refractivity contribution in [3.8, 4) is 0 Å². The van der Waals surface area contributed by atoms with Gasteiger partial charge in [0.25, 0.3) is 0 Å². The van der Waals surface area contributed by atoms with Gasteiger partial charge >= 0.3 is 7.12 Å². The summed E-state index contributed by atoms with van der Waals surface area (Å²) in [5.41, 5.74) is 6.23. The van der Waals surface area contributed by atoms with Gasteiger partial charge in [-0.05, 0) is 44.6 Å². The number of nitrogen functional groups attached to an aromatic ring is 1. The van der Waals surface area contributed by atoms with Crippen molar-refractivity contribution in [3.63, 3.8) is 0 Å². The third-order valence-corrected chi connectivity index (χ3v) is 4.35. The van der Waals surface area contributed by atoms with Crippen molar-refractivity contribution in [2.24, 2.45) is 0 Å². The van der Waals surface area contributed by atoms with Crippen LogP contribution in [-0.2, 0) is 9.31 Å². The van der Waals surface area contributed by atoms with E-state index < -0.39 is 0 Å². The third kappa shape index (κ3) is 1.98. The van der Waals surface area contributed by atoms with Gasteiger partial charge in [-0.15, -0.1) is 0 Å². The van der Waals surface area contributed by atoms with Crippen LogP contribution in [0.3, 0.4) is 0 Å². The van der Waals surface area contributed by atoms with Gasteiger partial charge in [-0.3, -0.25) is 0 Å². The number of benzene rings is 1. The molecule has 0 unspecified atom stereocenters. The largest absolute Gasteiger partial charge is 0.494 e. The molecular formula is C15H19BN2O2. The zero-order valence-corrected chi connectivity index (χ0v) is 12.3. The Morgan fingerprint density at radius 1 is 1.05 bits per heavy atom. The lowest BCUT2D eigenvalue weighted by Crippen LogP contribution is -2.41. The fourth-order valence-corrected chi connectivity index (χ4v) is 2.33. The van der Waals surface area contributed by atoms with E-state index in [4.69, 9.17) is 15.0 Å². The van der Waals surface area contributed by atoms with Crippen LogP contribution >= 0.6 is 0 Å². The summed E-state index contributed by atoms with van der Waals surface area (Å²) < 4.78 is 12.1. The number of hydrogen-bond acceptors (Lipinski definition) is 4. The molecule has 1 aromatic carbocycles. The number of fused-ring (bicyclic) bond motifs is 1. The highest BCUT2D eigenvalue weighted by molar-refractivity contribution is 6.62. The lowest BCUT2D eigenvalue weighted by Gasteiger charge is -2.32. The highest BCUT2D eigenvalue weighted by Gasteiger charge is 2.51. The number of nitrogens with two attached hydrogens (primary N) is 1. The molecule has 1 saturated heterocycles. The molecule has 2 N–H and O–H groups in total. The number of rotatable bonds is 1.